The lowest BCUT2D eigenvalue weighted by Crippen LogP contribution is -2.47. The number of unbranched alkanes of at least 4 members (excludes halogenated alkanes) is 1. The van der Waals surface area contributed by atoms with E-state index in [-0.39, 0.29) is 27.8 Å². The molecule has 186 valence electrons. The third kappa shape index (κ3) is 6.14. The molecule has 10 heteroatoms. The number of piperidine rings is 1. The van der Waals surface area contributed by atoms with Gasteiger partial charge in [0.25, 0.3) is 0 Å². The summed E-state index contributed by atoms with van der Waals surface area (Å²) in [6.07, 6.45) is 4.19. The van der Waals surface area contributed by atoms with Crippen LogP contribution in [0.5, 0.6) is 0 Å². The Morgan fingerprint density at radius 3 is 2.71 bits per heavy atom. The first-order valence-corrected chi connectivity index (χ1v) is 12.1. The highest BCUT2D eigenvalue weighted by Crippen LogP contribution is 2.60. The smallest absolute Gasteiger partial charge is 0.411 e. The molecule has 8 nitrogen and oxygen atoms in total. The van der Waals surface area contributed by atoms with E-state index in [1.54, 1.807) is 38.8 Å². The van der Waals surface area contributed by atoms with Crippen LogP contribution in [-0.4, -0.2) is 64.0 Å². The summed E-state index contributed by atoms with van der Waals surface area (Å²) < 4.78 is 19.6. The normalized spacial score (nSPS) is 23.2. The van der Waals surface area contributed by atoms with Crippen molar-refractivity contribution in [2.75, 3.05) is 18.9 Å². The van der Waals surface area contributed by atoms with E-state index in [0.717, 1.165) is 18.9 Å². The summed E-state index contributed by atoms with van der Waals surface area (Å²) in [5.41, 5.74) is -1.11. The lowest BCUT2D eigenvalue weighted by atomic mass is 9.98. The second kappa shape index (κ2) is 10.0. The molecular weight excluding hydrogens is 507 g/mol. The summed E-state index contributed by atoms with van der Waals surface area (Å²) in [5, 5.41) is 2.62. The van der Waals surface area contributed by atoms with Crippen LogP contribution in [0.4, 0.5) is 15.0 Å². The quantitative estimate of drug-likeness (QED) is 0.298. The van der Waals surface area contributed by atoms with Crippen molar-refractivity contribution in [3.8, 4) is 0 Å². The molecule has 1 saturated carbocycles. The molecule has 2 aliphatic rings. The molecule has 3 atom stereocenters. The Kier molecular flexibility index (Phi) is 7.69. The second-order valence-electron chi connectivity index (χ2n) is 10.1. The molecule has 2 fully saturated rings. The average molecular weight is 539 g/mol. The average Bonchev–Trinajstić information content (AvgIpc) is 3.28. The van der Waals surface area contributed by atoms with E-state index in [2.05, 4.69) is 32.8 Å². The molecule has 0 bridgehead atoms. The van der Waals surface area contributed by atoms with Crippen LogP contribution in [0.25, 0.3) is 0 Å². The topological polar surface area (TPSA) is 91.8 Å². The lowest BCUT2D eigenvalue weighted by molar-refractivity contribution is -0.130. The van der Waals surface area contributed by atoms with Gasteiger partial charge in [0, 0.05) is 43.6 Å². The van der Waals surface area contributed by atoms with E-state index in [4.69, 9.17) is 4.74 Å². The third-order valence-electron chi connectivity index (χ3n) is 6.11. The number of allylic oxidation sites excluding steroid dienone is 1. The molecule has 1 aromatic rings. The Bertz CT molecular complexity index is 962. The summed E-state index contributed by atoms with van der Waals surface area (Å²) >= 11 is 3.11. The van der Waals surface area contributed by atoms with Crippen LogP contribution in [0, 0.1) is 11.2 Å². The van der Waals surface area contributed by atoms with Crippen LogP contribution < -0.4 is 5.32 Å². The number of hydrogen-bond donors (Lipinski definition) is 1. The van der Waals surface area contributed by atoms with E-state index in [1.807, 2.05) is 0 Å². The maximum Gasteiger partial charge on any atom is 0.411 e. The maximum absolute atomic E-state index is 13.8. The number of carbonyl (C=O) groups is 3. The minimum atomic E-state index is -0.818. The number of likely N-dealkylation sites (tertiary alicyclic amines) is 1. The van der Waals surface area contributed by atoms with Gasteiger partial charge >= 0.3 is 6.09 Å². The van der Waals surface area contributed by atoms with Crippen molar-refractivity contribution in [3.63, 3.8) is 0 Å². The molecule has 0 aromatic carbocycles. The molecule has 34 heavy (non-hydrogen) atoms. The highest BCUT2D eigenvalue weighted by atomic mass is 79.9. The van der Waals surface area contributed by atoms with Crippen molar-refractivity contribution < 1.29 is 23.5 Å². The van der Waals surface area contributed by atoms with Gasteiger partial charge < -0.3 is 15.0 Å². The zero-order valence-corrected chi connectivity index (χ0v) is 21.7. The number of aromatic nitrogens is 1. The summed E-state index contributed by atoms with van der Waals surface area (Å²) in [4.78, 5) is 46.0. The van der Waals surface area contributed by atoms with Gasteiger partial charge in [-0.1, -0.05) is 6.08 Å². The molecule has 3 rings (SSSR count). The Morgan fingerprint density at radius 1 is 1.38 bits per heavy atom. The summed E-state index contributed by atoms with van der Waals surface area (Å²) in [6, 6.07) is 1.27. The molecule has 0 unspecified atom stereocenters. The minimum absolute atomic E-state index is 0.0207. The second-order valence-corrected chi connectivity index (χ2v) is 10.9. The van der Waals surface area contributed by atoms with Crippen LogP contribution in [-0.2, 0) is 14.3 Å². The standard InChI is InChI=1S/C24H32BrFN4O4/c1-6-7-8-9-20(31)29(5)14-24-12-16(21(32)28-19-11-15(26)10-18(25)27-19)30(17(24)13-24)22(33)34-23(2,3)4/h6,10-11,16-17H,1,7-9,12-14H2,2-5H3,(H,27,28,32)/t16-,17+,24-/m0/s1. The predicted octanol–water partition coefficient (Wildman–Crippen LogP) is 4.50. The Balaban J connectivity index is 1.77. The Labute approximate surface area is 208 Å². The number of fused-ring (bicyclic) bond motifs is 1. The van der Waals surface area contributed by atoms with Gasteiger partial charge in [0.2, 0.25) is 11.8 Å². The van der Waals surface area contributed by atoms with E-state index < -0.39 is 29.5 Å². The van der Waals surface area contributed by atoms with Gasteiger partial charge in [-0.3, -0.25) is 14.5 Å². The fraction of sp³-hybridized carbons (Fsp3) is 0.583. The van der Waals surface area contributed by atoms with E-state index in [0.29, 0.717) is 25.8 Å². The first kappa shape index (κ1) is 26.1. The SMILES string of the molecule is C=CCCCC(=O)N(C)C[C@@]12C[C@@H](C(=O)Nc3cc(F)cc(Br)n3)N(C(=O)OC(C)(C)C)[C@@H]1C2. The van der Waals surface area contributed by atoms with Gasteiger partial charge in [-0.25, -0.2) is 14.2 Å². The fourth-order valence-corrected chi connectivity index (χ4v) is 4.96. The molecule has 2 heterocycles. The third-order valence-corrected chi connectivity index (χ3v) is 6.52. The number of nitrogens with zero attached hydrogens (tertiary/aromatic N) is 3. The Morgan fingerprint density at radius 2 is 2.09 bits per heavy atom. The van der Waals surface area contributed by atoms with Crippen molar-refractivity contribution in [2.45, 2.75) is 70.6 Å². The Hall–Kier alpha value is -2.49. The molecule has 1 aromatic heterocycles. The number of carbonyl (C=O) groups excluding carboxylic acids is 3. The van der Waals surface area contributed by atoms with Crippen molar-refractivity contribution in [1.82, 2.24) is 14.8 Å². The van der Waals surface area contributed by atoms with Crippen LogP contribution >= 0.6 is 15.9 Å². The molecule has 0 spiro atoms. The van der Waals surface area contributed by atoms with Gasteiger partial charge in [-0.15, -0.1) is 6.58 Å². The monoisotopic (exact) mass is 538 g/mol. The van der Waals surface area contributed by atoms with Crippen molar-refractivity contribution in [1.29, 1.82) is 0 Å². The highest BCUT2D eigenvalue weighted by Gasteiger charge is 2.68. The van der Waals surface area contributed by atoms with Gasteiger partial charge in [0.1, 0.15) is 27.9 Å². The zero-order chi connectivity index (χ0) is 25.3. The molecular formula is C24H32BrFN4O4. The van der Waals surface area contributed by atoms with E-state index in [1.165, 1.54) is 11.0 Å². The first-order chi connectivity index (χ1) is 15.8. The number of amides is 3. The zero-order valence-electron chi connectivity index (χ0n) is 20.1. The van der Waals surface area contributed by atoms with E-state index >= 15 is 0 Å². The number of hydrogen-bond acceptors (Lipinski definition) is 5. The summed E-state index contributed by atoms with van der Waals surface area (Å²) in [7, 11) is 1.75. The lowest BCUT2D eigenvalue weighted by Gasteiger charge is -2.29. The van der Waals surface area contributed by atoms with Crippen LogP contribution in [0.15, 0.2) is 29.4 Å². The van der Waals surface area contributed by atoms with E-state index in [9.17, 15) is 18.8 Å². The van der Waals surface area contributed by atoms with Crippen LogP contribution in [0.1, 0.15) is 52.9 Å². The van der Waals surface area contributed by atoms with Crippen molar-refractivity contribution in [3.05, 3.63) is 35.2 Å². The number of pyridine rings is 1. The summed E-state index contributed by atoms with van der Waals surface area (Å²) in [5.74, 6) is -0.955. The molecule has 1 N–H and O–H groups in total. The molecule has 1 aliphatic carbocycles. The first-order valence-electron chi connectivity index (χ1n) is 11.4. The number of ether oxygens (including phenoxy) is 1. The van der Waals surface area contributed by atoms with Gasteiger partial charge in [-0.2, -0.15) is 0 Å². The van der Waals surface area contributed by atoms with Crippen LogP contribution in [0.2, 0.25) is 0 Å². The molecule has 1 saturated heterocycles. The number of anilines is 1. The van der Waals surface area contributed by atoms with Gasteiger partial charge in [0.05, 0.1) is 0 Å². The number of nitrogens with one attached hydrogen (secondary N) is 1. The number of halogens is 2. The maximum atomic E-state index is 13.8. The van der Waals surface area contributed by atoms with Gasteiger partial charge in [0.15, 0.2) is 0 Å². The van der Waals surface area contributed by atoms with Crippen LogP contribution in [0.3, 0.4) is 0 Å². The molecule has 3 amide bonds. The van der Waals surface area contributed by atoms with Gasteiger partial charge in [-0.05, 0) is 62.4 Å². The largest absolute Gasteiger partial charge is 0.444 e. The highest BCUT2D eigenvalue weighted by molar-refractivity contribution is 9.10. The fourth-order valence-electron chi connectivity index (χ4n) is 4.55. The summed E-state index contributed by atoms with van der Waals surface area (Å²) in [6.45, 7) is 9.41. The van der Waals surface area contributed by atoms with Crippen molar-refractivity contribution in [2.24, 2.45) is 5.41 Å². The number of rotatable bonds is 8. The predicted molar refractivity (Wildman–Crippen MR) is 130 cm³/mol. The van der Waals surface area contributed by atoms with Crippen molar-refractivity contribution >= 4 is 39.7 Å². The minimum Gasteiger partial charge on any atom is -0.444 e. The molecule has 0 radical (unpaired) electrons. The molecule has 1 aliphatic heterocycles.